The maximum Gasteiger partial charge on any atom is 0.123 e. The first kappa shape index (κ1) is 17.2. The number of furan rings is 1. The molecule has 2 atom stereocenters. The van der Waals surface area contributed by atoms with Crippen LogP contribution in [0.4, 0.5) is 4.39 Å². The van der Waals surface area contributed by atoms with Crippen LogP contribution in [0.3, 0.4) is 0 Å². The maximum absolute atomic E-state index is 13.2. The van der Waals surface area contributed by atoms with Gasteiger partial charge in [0.2, 0.25) is 0 Å². The summed E-state index contributed by atoms with van der Waals surface area (Å²) in [7, 11) is 0. The van der Waals surface area contributed by atoms with Crippen LogP contribution >= 0.6 is 12.4 Å². The number of benzene rings is 1. The first-order valence-electron chi connectivity index (χ1n) is 8.33. The lowest BCUT2D eigenvalue weighted by Crippen LogP contribution is -2.32. The van der Waals surface area contributed by atoms with E-state index in [1.54, 1.807) is 24.7 Å². The minimum Gasteiger partial charge on any atom is -0.472 e. The number of ether oxygens (including phenoxy) is 1. The van der Waals surface area contributed by atoms with Gasteiger partial charge in [-0.25, -0.2) is 9.07 Å². The van der Waals surface area contributed by atoms with E-state index >= 15 is 0 Å². The van der Waals surface area contributed by atoms with E-state index in [1.807, 2.05) is 10.7 Å². The smallest absolute Gasteiger partial charge is 0.123 e. The van der Waals surface area contributed by atoms with Crippen molar-refractivity contribution in [2.45, 2.75) is 25.3 Å². The quantitative estimate of drug-likeness (QED) is 0.703. The molecule has 6 nitrogen and oxygen atoms in total. The van der Waals surface area contributed by atoms with Crippen molar-refractivity contribution in [1.82, 2.24) is 19.9 Å². The number of hydrogen-bond acceptors (Lipinski definition) is 5. The van der Waals surface area contributed by atoms with Crippen LogP contribution in [0.25, 0.3) is 11.3 Å². The highest BCUT2D eigenvalue weighted by Crippen LogP contribution is 2.34. The standard InChI is InChI=1S/C18H17FN4O2.ClH/c19-14-3-1-13(2-4-14)18-16-11-25-17-9-22(7-12-5-6-24-10-12)8-15(17)23(16)21-20-18;/h1-6,10,15,17H,7-9,11H2;1H/t15-,17+;/m1./s1. The fourth-order valence-electron chi connectivity index (χ4n) is 3.73. The van der Waals surface area contributed by atoms with Gasteiger partial charge < -0.3 is 9.15 Å². The molecule has 8 heteroatoms. The summed E-state index contributed by atoms with van der Waals surface area (Å²) in [4.78, 5) is 2.34. The van der Waals surface area contributed by atoms with E-state index in [2.05, 4.69) is 15.2 Å². The molecule has 26 heavy (non-hydrogen) atoms. The molecule has 0 aliphatic carbocycles. The van der Waals surface area contributed by atoms with Crippen molar-refractivity contribution in [3.8, 4) is 11.3 Å². The number of aromatic nitrogens is 3. The molecule has 1 aromatic carbocycles. The highest BCUT2D eigenvalue weighted by atomic mass is 35.5. The normalized spacial score (nSPS) is 21.9. The zero-order valence-corrected chi connectivity index (χ0v) is 14.7. The van der Waals surface area contributed by atoms with Crippen molar-refractivity contribution < 1.29 is 13.5 Å². The predicted molar refractivity (Wildman–Crippen MR) is 94.3 cm³/mol. The number of halogens is 2. The summed E-state index contributed by atoms with van der Waals surface area (Å²) in [5, 5.41) is 8.71. The van der Waals surface area contributed by atoms with E-state index < -0.39 is 0 Å². The Morgan fingerprint density at radius 3 is 2.77 bits per heavy atom. The van der Waals surface area contributed by atoms with Crippen molar-refractivity contribution in [1.29, 1.82) is 0 Å². The number of nitrogens with zero attached hydrogens (tertiary/aromatic N) is 4. The summed E-state index contributed by atoms with van der Waals surface area (Å²) >= 11 is 0. The van der Waals surface area contributed by atoms with E-state index in [0.29, 0.717) is 6.61 Å². The summed E-state index contributed by atoms with van der Waals surface area (Å²) in [6.45, 7) is 3.03. The Hall–Kier alpha value is -2.22. The summed E-state index contributed by atoms with van der Waals surface area (Å²) in [6, 6.07) is 8.47. The van der Waals surface area contributed by atoms with Gasteiger partial charge in [-0.15, -0.1) is 17.5 Å². The molecule has 1 fully saturated rings. The Kier molecular flexibility index (Phi) is 4.52. The van der Waals surface area contributed by atoms with Gasteiger partial charge in [-0.3, -0.25) is 4.90 Å². The largest absolute Gasteiger partial charge is 0.472 e. The Morgan fingerprint density at radius 2 is 2.00 bits per heavy atom. The van der Waals surface area contributed by atoms with Crippen LogP contribution in [-0.2, 0) is 17.9 Å². The third-order valence-electron chi connectivity index (χ3n) is 4.96. The van der Waals surface area contributed by atoms with E-state index in [0.717, 1.165) is 42.1 Å². The molecule has 4 heterocycles. The van der Waals surface area contributed by atoms with Gasteiger partial charge in [-0.1, -0.05) is 5.21 Å². The van der Waals surface area contributed by atoms with Gasteiger partial charge in [0.25, 0.3) is 0 Å². The minimum absolute atomic E-state index is 0. The second-order valence-corrected chi connectivity index (χ2v) is 6.58. The highest BCUT2D eigenvalue weighted by molar-refractivity contribution is 5.85. The summed E-state index contributed by atoms with van der Waals surface area (Å²) in [5.41, 5.74) is 3.74. The number of likely N-dealkylation sites (tertiary alicyclic amines) is 1. The molecule has 0 bridgehead atoms. The molecule has 2 aliphatic heterocycles. The minimum atomic E-state index is -0.258. The topological polar surface area (TPSA) is 56.3 Å². The molecule has 0 unspecified atom stereocenters. The summed E-state index contributed by atoms with van der Waals surface area (Å²) in [5.74, 6) is -0.258. The van der Waals surface area contributed by atoms with Crippen molar-refractivity contribution in [3.63, 3.8) is 0 Å². The Labute approximate surface area is 156 Å². The Morgan fingerprint density at radius 1 is 1.15 bits per heavy atom. The lowest BCUT2D eigenvalue weighted by atomic mass is 10.1. The summed E-state index contributed by atoms with van der Waals surface area (Å²) < 4.78 is 26.4. The zero-order valence-electron chi connectivity index (χ0n) is 13.9. The van der Waals surface area contributed by atoms with Gasteiger partial charge in [0.1, 0.15) is 11.5 Å². The Bertz CT molecular complexity index is 881. The molecule has 0 amide bonds. The third kappa shape index (κ3) is 2.92. The van der Waals surface area contributed by atoms with Crippen LogP contribution in [0.1, 0.15) is 17.3 Å². The molecule has 1 saturated heterocycles. The maximum atomic E-state index is 13.2. The van der Waals surface area contributed by atoms with Crippen molar-refractivity contribution >= 4 is 12.4 Å². The fraction of sp³-hybridized carbons (Fsp3) is 0.333. The van der Waals surface area contributed by atoms with E-state index in [-0.39, 0.29) is 30.4 Å². The molecule has 0 saturated carbocycles. The van der Waals surface area contributed by atoms with Gasteiger partial charge in [-0.05, 0) is 30.3 Å². The zero-order chi connectivity index (χ0) is 16.8. The summed E-state index contributed by atoms with van der Waals surface area (Å²) in [6.07, 6.45) is 3.58. The molecular weight excluding hydrogens is 359 g/mol. The molecule has 0 spiro atoms. The van der Waals surface area contributed by atoms with Crippen LogP contribution < -0.4 is 0 Å². The number of hydrogen-bond donors (Lipinski definition) is 0. The predicted octanol–water partition coefficient (Wildman–Crippen LogP) is 3.05. The highest BCUT2D eigenvalue weighted by Gasteiger charge is 2.40. The molecular formula is C18H18ClFN4O2. The SMILES string of the molecule is Cl.Fc1ccc(-c2nnn3c2CO[C@H]2CN(Cc4ccoc4)C[C@H]23)cc1. The van der Waals surface area contributed by atoms with Crippen molar-refractivity contribution in [2.75, 3.05) is 13.1 Å². The van der Waals surface area contributed by atoms with Crippen molar-refractivity contribution in [2.24, 2.45) is 0 Å². The first-order valence-corrected chi connectivity index (χ1v) is 8.33. The second-order valence-electron chi connectivity index (χ2n) is 6.58. The molecule has 136 valence electrons. The van der Waals surface area contributed by atoms with Gasteiger partial charge in [-0.2, -0.15) is 0 Å². The van der Waals surface area contributed by atoms with E-state index in [1.165, 1.54) is 12.1 Å². The first-order chi connectivity index (χ1) is 12.3. The average molecular weight is 377 g/mol. The van der Waals surface area contributed by atoms with Crippen LogP contribution in [0.5, 0.6) is 0 Å². The van der Waals surface area contributed by atoms with Crippen molar-refractivity contribution in [3.05, 3.63) is 59.9 Å². The second kappa shape index (κ2) is 6.83. The van der Waals surface area contributed by atoms with Gasteiger partial charge in [0.15, 0.2) is 0 Å². The van der Waals surface area contributed by atoms with Crippen LogP contribution in [0.15, 0.2) is 47.3 Å². The Balaban J connectivity index is 0.00000168. The third-order valence-corrected chi connectivity index (χ3v) is 4.96. The van der Waals surface area contributed by atoms with Crippen LogP contribution in [-0.4, -0.2) is 39.1 Å². The molecule has 2 aromatic heterocycles. The molecule has 5 rings (SSSR count). The number of fused-ring (bicyclic) bond motifs is 3. The van der Waals surface area contributed by atoms with E-state index in [9.17, 15) is 4.39 Å². The number of rotatable bonds is 3. The van der Waals surface area contributed by atoms with Gasteiger partial charge in [0.05, 0.1) is 37.0 Å². The fourth-order valence-corrected chi connectivity index (χ4v) is 3.73. The van der Waals surface area contributed by atoms with Crippen LogP contribution in [0, 0.1) is 5.82 Å². The lowest BCUT2D eigenvalue weighted by Gasteiger charge is -2.26. The molecule has 0 N–H and O–H groups in total. The monoisotopic (exact) mass is 376 g/mol. The van der Waals surface area contributed by atoms with Crippen LogP contribution in [0.2, 0.25) is 0 Å². The molecule has 3 aromatic rings. The molecule has 2 aliphatic rings. The molecule has 0 radical (unpaired) electrons. The van der Waals surface area contributed by atoms with Gasteiger partial charge >= 0.3 is 0 Å². The average Bonchev–Trinajstić information content (AvgIpc) is 3.33. The van der Waals surface area contributed by atoms with Gasteiger partial charge in [0, 0.05) is 30.8 Å². The van der Waals surface area contributed by atoms with E-state index in [4.69, 9.17) is 9.15 Å². The lowest BCUT2D eigenvalue weighted by molar-refractivity contribution is -0.00494.